The normalized spacial score (nSPS) is 20.9. The van der Waals surface area contributed by atoms with Crippen molar-refractivity contribution in [1.82, 2.24) is 9.55 Å². The van der Waals surface area contributed by atoms with Gasteiger partial charge in [-0.15, -0.1) is 0 Å². The quantitative estimate of drug-likeness (QED) is 0.0696. The van der Waals surface area contributed by atoms with Crippen molar-refractivity contribution < 1.29 is 33.2 Å². The Morgan fingerprint density at radius 2 is 1.28 bits per heavy atom. The van der Waals surface area contributed by atoms with Crippen LogP contribution in [-0.4, -0.2) is 60.9 Å². The number of fused-ring (bicyclic) bond motifs is 2. The van der Waals surface area contributed by atoms with Crippen LogP contribution in [0.2, 0.25) is 0 Å². The molecule has 2 saturated heterocycles. The number of benzene rings is 5. The topological polar surface area (TPSA) is 119 Å². The maximum atomic E-state index is 13.6. The first-order valence-electron chi connectivity index (χ1n) is 20.2. The Labute approximate surface area is 349 Å². The van der Waals surface area contributed by atoms with Crippen LogP contribution in [-0.2, 0) is 42.5 Å². The van der Waals surface area contributed by atoms with Crippen molar-refractivity contribution in [1.29, 1.82) is 0 Å². The number of nitrogens with one attached hydrogen (secondary N) is 1. The first-order chi connectivity index (χ1) is 29.3. The first kappa shape index (κ1) is 40.9. The lowest BCUT2D eigenvalue weighted by atomic mass is 9.78. The van der Waals surface area contributed by atoms with Crippen LogP contribution in [0, 0.1) is 6.92 Å². The van der Waals surface area contributed by atoms with E-state index in [4.69, 9.17) is 33.2 Å². The molecule has 3 heterocycles. The minimum atomic E-state index is -1.26. The summed E-state index contributed by atoms with van der Waals surface area (Å²) in [4.78, 5) is 28.7. The van der Waals surface area contributed by atoms with Crippen LogP contribution in [0.25, 0.3) is 0 Å². The van der Waals surface area contributed by atoms with E-state index in [1.807, 2.05) is 140 Å². The second-order valence-corrected chi connectivity index (χ2v) is 15.3. The Morgan fingerprint density at radius 3 is 1.87 bits per heavy atom. The van der Waals surface area contributed by atoms with Crippen molar-refractivity contribution in [3.63, 3.8) is 0 Å². The highest BCUT2D eigenvalue weighted by molar-refractivity contribution is 5.50. The average Bonchev–Trinajstić information content (AvgIpc) is 3.74. The highest BCUT2D eigenvalue weighted by Gasteiger charge is 2.73. The van der Waals surface area contributed by atoms with Crippen LogP contribution in [0.3, 0.4) is 0 Å². The molecular formula is C49H50N2O9. The fourth-order valence-electron chi connectivity index (χ4n) is 8.60. The molecule has 2 aliphatic heterocycles. The maximum absolute atomic E-state index is 13.6. The smallest absolute Gasteiger partial charge is 0.330 e. The van der Waals surface area contributed by atoms with Crippen LogP contribution in [0.4, 0.5) is 0 Å². The van der Waals surface area contributed by atoms with Crippen molar-refractivity contribution in [2.45, 2.75) is 62.1 Å². The van der Waals surface area contributed by atoms with E-state index in [1.54, 1.807) is 21.1 Å². The molecule has 4 atom stereocenters. The van der Waals surface area contributed by atoms with Gasteiger partial charge in [0.05, 0.1) is 40.6 Å². The summed E-state index contributed by atoms with van der Waals surface area (Å²) in [7, 11) is 3.28. The molecule has 0 radical (unpaired) electrons. The number of H-pyrrole nitrogens is 1. The largest absolute Gasteiger partial charge is 0.497 e. The van der Waals surface area contributed by atoms with Gasteiger partial charge in [0.1, 0.15) is 34.4 Å². The Bertz CT molecular complexity index is 2390. The fraction of sp³-hybridized carbons (Fsp3) is 0.306. The molecular weight excluding hydrogens is 761 g/mol. The van der Waals surface area contributed by atoms with Gasteiger partial charge in [-0.2, -0.15) is 0 Å². The van der Waals surface area contributed by atoms with Gasteiger partial charge in [-0.3, -0.25) is 14.3 Å². The second-order valence-electron chi connectivity index (χ2n) is 15.3. The molecule has 2 aliphatic rings. The molecule has 0 aliphatic carbocycles. The van der Waals surface area contributed by atoms with Gasteiger partial charge < -0.3 is 33.2 Å². The standard InChI is InChI=1S/C49H50N2O9/c1-35-30-51(46(53)50-44(35)52)45-43-48(58-32-37-16-9-5-10-17-37,28-13-29-56-31-36-14-7-4-8-15-36)47(60-45,33-57-43)34-59-49(38-18-11-6-12-19-38,39-20-24-41(54-2)25-21-39)40-22-26-42(55-3)27-23-40/h4-12,14-27,30,43,45H,13,28-29,31-34H2,1-3H3,(H,50,52,53)/t43-,45+,47+,48-/m0/s1. The van der Waals surface area contributed by atoms with Crippen molar-refractivity contribution >= 4 is 0 Å². The molecule has 0 unspecified atom stereocenters. The van der Waals surface area contributed by atoms with Crippen molar-refractivity contribution in [2.24, 2.45) is 0 Å². The molecule has 8 rings (SSSR count). The number of ether oxygens (including phenoxy) is 7. The highest BCUT2D eigenvalue weighted by atomic mass is 16.7. The van der Waals surface area contributed by atoms with Crippen LogP contribution in [0.5, 0.6) is 11.5 Å². The highest BCUT2D eigenvalue weighted by Crippen LogP contribution is 2.57. The third-order valence-corrected chi connectivity index (χ3v) is 11.7. The molecule has 0 saturated carbocycles. The summed E-state index contributed by atoms with van der Waals surface area (Å²) in [6.45, 7) is 2.88. The molecule has 0 amide bonds. The van der Waals surface area contributed by atoms with Gasteiger partial charge in [-0.25, -0.2) is 4.79 Å². The van der Waals surface area contributed by atoms with E-state index in [1.165, 1.54) is 10.8 Å². The molecule has 0 spiro atoms. The lowest BCUT2D eigenvalue weighted by Crippen LogP contribution is -2.58. The minimum absolute atomic E-state index is 0.0241. The van der Waals surface area contributed by atoms with E-state index < -0.39 is 40.4 Å². The van der Waals surface area contributed by atoms with Crippen molar-refractivity contribution in [3.8, 4) is 11.5 Å². The van der Waals surface area contributed by atoms with Gasteiger partial charge in [-0.05, 0) is 71.8 Å². The van der Waals surface area contributed by atoms with E-state index >= 15 is 0 Å². The Hall–Kier alpha value is -5.82. The molecule has 5 aromatic carbocycles. The SMILES string of the molecule is COc1ccc(C(OC[C@@]23CO[C@@H]([C@H](n4cc(C)c(=O)[nH]c4=O)O2)[C@]3(CCCOCc2ccccc2)OCc2ccccc2)(c2ccccc2)c2ccc(OC)cc2)cc1. The summed E-state index contributed by atoms with van der Waals surface area (Å²) >= 11 is 0. The predicted octanol–water partition coefficient (Wildman–Crippen LogP) is 7.49. The molecule has 2 bridgehead atoms. The van der Waals surface area contributed by atoms with E-state index in [2.05, 4.69) is 4.98 Å². The Balaban J connectivity index is 1.25. The maximum Gasteiger partial charge on any atom is 0.330 e. The number of hydrogen-bond acceptors (Lipinski definition) is 9. The van der Waals surface area contributed by atoms with Gasteiger partial charge in [0, 0.05) is 18.4 Å². The lowest BCUT2D eigenvalue weighted by Gasteiger charge is -2.43. The van der Waals surface area contributed by atoms with Crippen LogP contribution < -0.4 is 20.7 Å². The van der Waals surface area contributed by atoms with E-state index in [9.17, 15) is 9.59 Å². The number of aryl methyl sites for hydroxylation is 1. The first-order valence-corrected chi connectivity index (χ1v) is 20.2. The molecule has 11 nitrogen and oxygen atoms in total. The molecule has 60 heavy (non-hydrogen) atoms. The molecule has 310 valence electrons. The van der Waals surface area contributed by atoms with Gasteiger partial charge in [0.25, 0.3) is 5.56 Å². The third kappa shape index (κ3) is 7.82. The van der Waals surface area contributed by atoms with Crippen LogP contribution in [0.15, 0.2) is 155 Å². The zero-order valence-corrected chi connectivity index (χ0v) is 34.1. The average molecular weight is 811 g/mol. The summed E-state index contributed by atoms with van der Waals surface area (Å²) < 4.78 is 47.5. The van der Waals surface area contributed by atoms with Crippen LogP contribution >= 0.6 is 0 Å². The number of hydrogen-bond donors (Lipinski definition) is 1. The predicted molar refractivity (Wildman–Crippen MR) is 226 cm³/mol. The molecule has 6 aromatic rings. The summed E-state index contributed by atoms with van der Waals surface area (Å²) in [6, 6.07) is 45.7. The number of rotatable bonds is 18. The fourth-order valence-corrected chi connectivity index (χ4v) is 8.60. The molecule has 11 heteroatoms. The monoisotopic (exact) mass is 810 g/mol. The molecule has 1 aromatic heterocycles. The van der Waals surface area contributed by atoms with E-state index in [0.717, 1.165) is 27.8 Å². The minimum Gasteiger partial charge on any atom is -0.497 e. The molecule has 1 N–H and O–H groups in total. The lowest BCUT2D eigenvalue weighted by molar-refractivity contribution is -0.218. The summed E-state index contributed by atoms with van der Waals surface area (Å²) in [5.74, 6) is 1.40. The number of nitrogens with zero attached hydrogens (tertiary/aromatic N) is 1. The van der Waals surface area contributed by atoms with E-state index in [0.29, 0.717) is 43.1 Å². The number of aromatic amines is 1. The Kier molecular flexibility index (Phi) is 12.1. The number of aromatic nitrogens is 2. The van der Waals surface area contributed by atoms with Gasteiger partial charge >= 0.3 is 5.69 Å². The van der Waals surface area contributed by atoms with Gasteiger partial charge in [-0.1, -0.05) is 115 Å². The van der Waals surface area contributed by atoms with Crippen molar-refractivity contribution in [2.75, 3.05) is 34.0 Å². The van der Waals surface area contributed by atoms with Gasteiger partial charge in [0.2, 0.25) is 0 Å². The summed E-state index contributed by atoms with van der Waals surface area (Å²) in [5.41, 5.74) is 0.275. The zero-order valence-electron chi connectivity index (χ0n) is 34.1. The number of methoxy groups -OCH3 is 2. The van der Waals surface area contributed by atoms with Crippen molar-refractivity contribution in [3.05, 3.63) is 200 Å². The van der Waals surface area contributed by atoms with Gasteiger partial charge in [0.15, 0.2) is 6.23 Å². The van der Waals surface area contributed by atoms with E-state index in [-0.39, 0.29) is 19.8 Å². The Morgan fingerprint density at radius 1 is 0.733 bits per heavy atom. The third-order valence-electron chi connectivity index (χ3n) is 11.7. The summed E-state index contributed by atoms with van der Waals surface area (Å²) in [5, 5.41) is 0. The van der Waals surface area contributed by atoms with Crippen LogP contribution in [0.1, 0.15) is 52.5 Å². The zero-order chi connectivity index (χ0) is 41.6. The second kappa shape index (κ2) is 17.8. The molecule has 2 fully saturated rings. The summed E-state index contributed by atoms with van der Waals surface area (Å²) in [6.07, 6.45) is 0.826.